The highest BCUT2D eigenvalue weighted by Gasteiger charge is 2.17. The fourth-order valence-corrected chi connectivity index (χ4v) is 1.86. The number of fused-ring (bicyclic) bond motifs is 1. The van der Waals surface area contributed by atoms with Crippen LogP contribution in [0.1, 0.15) is 12.5 Å². The molecule has 0 aliphatic carbocycles. The maximum atomic E-state index is 10.9. The van der Waals surface area contributed by atoms with Gasteiger partial charge in [0.15, 0.2) is 0 Å². The van der Waals surface area contributed by atoms with Crippen LogP contribution >= 0.6 is 0 Å². The second-order valence-corrected chi connectivity index (χ2v) is 4.29. The van der Waals surface area contributed by atoms with E-state index >= 15 is 0 Å². The van der Waals surface area contributed by atoms with E-state index in [4.69, 9.17) is 5.11 Å². The molecule has 2 aromatic rings. The number of carbonyl (C=O) groups is 1. The number of nitrogens with one attached hydrogen (secondary N) is 1. The Balaban J connectivity index is 2.21. The van der Waals surface area contributed by atoms with Gasteiger partial charge in [0, 0.05) is 23.6 Å². The van der Waals surface area contributed by atoms with Crippen LogP contribution in [-0.2, 0) is 11.3 Å². The van der Waals surface area contributed by atoms with E-state index in [0.717, 1.165) is 16.5 Å². The standard InChI is InChI=1S/C13H16N2O2/c1-9(13(16)17)15(2)8-10-7-14-12-6-4-3-5-11(10)12/h3-7,9,14H,8H2,1-2H3,(H,16,17). The monoisotopic (exact) mass is 232 g/mol. The van der Waals surface area contributed by atoms with Gasteiger partial charge in [0.05, 0.1) is 0 Å². The van der Waals surface area contributed by atoms with Crippen LogP contribution in [0.3, 0.4) is 0 Å². The van der Waals surface area contributed by atoms with Gasteiger partial charge < -0.3 is 10.1 Å². The first kappa shape index (κ1) is 11.7. The van der Waals surface area contributed by atoms with Crippen molar-refractivity contribution in [3.05, 3.63) is 36.0 Å². The molecular weight excluding hydrogens is 216 g/mol. The summed E-state index contributed by atoms with van der Waals surface area (Å²) in [7, 11) is 1.82. The highest BCUT2D eigenvalue weighted by atomic mass is 16.4. The molecule has 0 aliphatic heterocycles. The molecule has 17 heavy (non-hydrogen) atoms. The molecule has 90 valence electrons. The van der Waals surface area contributed by atoms with Gasteiger partial charge >= 0.3 is 5.97 Å². The largest absolute Gasteiger partial charge is 0.480 e. The average Bonchev–Trinajstić information content (AvgIpc) is 2.71. The van der Waals surface area contributed by atoms with Gasteiger partial charge in [-0.3, -0.25) is 9.69 Å². The lowest BCUT2D eigenvalue weighted by molar-refractivity contribution is -0.142. The van der Waals surface area contributed by atoms with Gasteiger partial charge in [-0.05, 0) is 25.6 Å². The fourth-order valence-electron chi connectivity index (χ4n) is 1.86. The van der Waals surface area contributed by atoms with Crippen molar-refractivity contribution in [3.8, 4) is 0 Å². The van der Waals surface area contributed by atoms with Gasteiger partial charge in [0.1, 0.15) is 6.04 Å². The van der Waals surface area contributed by atoms with E-state index in [1.165, 1.54) is 0 Å². The van der Waals surface area contributed by atoms with E-state index in [1.54, 1.807) is 6.92 Å². The number of hydrogen-bond donors (Lipinski definition) is 2. The van der Waals surface area contributed by atoms with Gasteiger partial charge in [-0.15, -0.1) is 0 Å². The summed E-state index contributed by atoms with van der Waals surface area (Å²) in [6.07, 6.45) is 1.94. The summed E-state index contributed by atoms with van der Waals surface area (Å²) in [5.74, 6) is -0.799. The molecule has 1 aromatic carbocycles. The molecule has 1 unspecified atom stereocenters. The number of nitrogens with zero attached hydrogens (tertiary/aromatic N) is 1. The van der Waals surface area contributed by atoms with Gasteiger partial charge in [0.2, 0.25) is 0 Å². The molecule has 0 aliphatic rings. The molecule has 0 saturated heterocycles. The molecule has 4 nitrogen and oxygen atoms in total. The van der Waals surface area contributed by atoms with Crippen molar-refractivity contribution in [2.24, 2.45) is 0 Å². The smallest absolute Gasteiger partial charge is 0.320 e. The summed E-state index contributed by atoms with van der Waals surface area (Å²) >= 11 is 0. The van der Waals surface area contributed by atoms with E-state index in [1.807, 2.05) is 42.4 Å². The number of hydrogen-bond acceptors (Lipinski definition) is 2. The SMILES string of the molecule is CC(C(=O)O)N(C)Cc1c[nH]c2ccccc12. The maximum absolute atomic E-state index is 10.9. The number of H-pyrrole nitrogens is 1. The zero-order valence-corrected chi connectivity index (χ0v) is 9.97. The summed E-state index contributed by atoms with van der Waals surface area (Å²) in [6.45, 7) is 2.31. The van der Waals surface area contributed by atoms with Crippen molar-refractivity contribution in [3.63, 3.8) is 0 Å². The number of para-hydroxylation sites is 1. The number of aromatic nitrogens is 1. The number of likely N-dealkylation sites (N-methyl/N-ethyl adjacent to an activating group) is 1. The lowest BCUT2D eigenvalue weighted by Crippen LogP contribution is -2.35. The molecule has 0 radical (unpaired) electrons. The first-order valence-corrected chi connectivity index (χ1v) is 5.57. The Morgan fingerprint density at radius 2 is 2.18 bits per heavy atom. The van der Waals surface area contributed by atoms with Crippen molar-refractivity contribution in [1.82, 2.24) is 9.88 Å². The van der Waals surface area contributed by atoms with E-state index in [2.05, 4.69) is 4.98 Å². The molecule has 0 saturated carbocycles. The third-order valence-electron chi connectivity index (χ3n) is 3.11. The number of aliphatic carboxylic acids is 1. The van der Waals surface area contributed by atoms with Crippen molar-refractivity contribution >= 4 is 16.9 Å². The number of rotatable bonds is 4. The van der Waals surface area contributed by atoms with Crippen molar-refractivity contribution in [1.29, 1.82) is 0 Å². The van der Waals surface area contributed by atoms with Crippen LogP contribution in [0.4, 0.5) is 0 Å². The zero-order valence-electron chi connectivity index (χ0n) is 9.97. The molecule has 2 rings (SSSR count). The van der Waals surface area contributed by atoms with Crippen molar-refractivity contribution in [2.75, 3.05) is 7.05 Å². The van der Waals surface area contributed by atoms with Crippen LogP contribution in [0.15, 0.2) is 30.5 Å². The van der Waals surface area contributed by atoms with Crippen LogP contribution in [0.25, 0.3) is 10.9 Å². The Kier molecular flexibility index (Phi) is 3.15. The van der Waals surface area contributed by atoms with Crippen LogP contribution in [0.2, 0.25) is 0 Å². The van der Waals surface area contributed by atoms with Crippen molar-refractivity contribution in [2.45, 2.75) is 19.5 Å². The Labute approximate surface area is 99.9 Å². The molecule has 0 bridgehead atoms. The third-order valence-corrected chi connectivity index (χ3v) is 3.11. The highest BCUT2D eigenvalue weighted by Crippen LogP contribution is 2.19. The number of benzene rings is 1. The Morgan fingerprint density at radius 1 is 1.47 bits per heavy atom. The molecule has 4 heteroatoms. The Bertz CT molecular complexity index is 533. The predicted octanol–water partition coefficient (Wildman–Crippen LogP) is 2.07. The maximum Gasteiger partial charge on any atom is 0.320 e. The van der Waals surface area contributed by atoms with E-state index in [9.17, 15) is 4.79 Å². The van der Waals surface area contributed by atoms with Crippen LogP contribution in [-0.4, -0.2) is 34.0 Å². The van der Waals surface area contributed by atoms with Crippen molar-refractivity contribution < 1.29 is 9.90 Å². The van der Waals surface area contributed by atoms with E-state index < -0.39 is 12.0 Å². The highest BCUT2D eigenvalue weighted by molar-refractivity contribution is 5.83. The average molecular weight is 232 g/mol. The van der Waals surface area contributed by atoms with E-state index in [-0.39, 0.29) is 0 Å². The third kappa shape index (κ3) is 2.31. The minimum absolute atomic E-state index is 0.483. The molecular formula is C13H16N2O2. The minimum Gasteiger partial charge on any atom is -0.480 e. The number of carboxylic acid groups (broad SMARTS) is 1. The Hall–Kier alpha value is -1.81. The molecule has 1 aromatic heterocycles. The first-order chi connectivity index (χ1) is 8.09. The minimum atomic E-state index is -0.799. The summed E-state index contributed by atoms with van der Waals surface area (Å²) in [5.41, 5.74) is 2.20. The fraction of sp³-hybridized carbons (Fsp3) is 0.308. The zero-order chi connectivity index (χ0) is 12.4. The molecule has 1 heterocycles. The lowest BCUT2D eigenvalue weighted by Gasteiger charge is -2.20. The van der Waals surface area contributed by atoms with E-state index in [0.29, 0.717) is 6.54 Å². The topological polar surface area (TPSA) is 56.3 Å². The quantitative estimate of drug-likeness (QED) is 0.848. The molecule has 0 spiro atoms. The first-order valence-electron chi connectivity index (χ1n) is 5.57. The second kappa shape index (κ2) is 4.59. The lowest BCUT2D eigenvalue weighted by atomic mass is 10.1. The summed E-state index contributed by atoms with van der Waals surface area (Å²) < 4.78 is 0. The molecule has 0 fully saturated rings. The van der Waals surface area contributed by atoms with Gasteiger partial charge in [0.25, 0.3) is 0 Å². The van der Waals surface area contributed by atoms with Crippen LogP contribution in [0.5, 0.6) is 0 Å². The second-order valence-electron chi connectivity index (χ2n) is 4.29. The van der Waals surface area contributed by atoms with Gasteiger partial charge in [-0.2, -0.15) is 0 Å². The predicted molar refractivity (Wildman–Crippen MR) is 66.9 cm³/mol. The van der Waals surface area contributed by atoms with Gasteiger partial charge in [-0.25, -0.2) is 0 Å². The van der Waals surface area contributed by atoms with Gasteiger partial charge in [-0.1, -0.05) is 18.2 Å². The number of carboxylic acids is 1. The molecule has 1 atom stereocenters. The summed E-state index contributed by atoms with van der Waals surface area (Å²) in [5, 5.41) is 10.1. The normalized spacial score (nSPS) is 13.1. The van der Waals surface area contributed by atoms with Crippen LogP contribution < -0.4 is 0 Å². The summed E-state index contributed by atoms with van der Waals surface area (Å²) in [6, 6.07) is 7.54. The van der Waals surface area contributed by atoms with Crippen LogP contribution in [0, 0.1) is 0 Å². The number of aromatic amines is 1. The molecule has 0 amide bonds. The Morgan fingerprint density at radius 3 is 2.88 bits per heavy atom. The summed E-state index contributed by atoms with van der Waals surface area (Å²) in [4.78, 5) is 15.9. The molecule has 2 N–H and O–H groups in total.